The van der Waals surface area contributed by atoms with Crippen molar-refractivity contribution >= 4 is 28.6 Å². The van der Waals surface area contributed by atoms with Crippen LogP contribution in [0.25, 0.3) is 10.9 Å². The largest absolute Gasteiger partial charge is 0.504 e. The minimum Gasteiger partial charge on any atom is -0.504 e. The highest BCUT2D eigenvalue weighted by molar-refractivity contribution is 5.95. The molecule has 0 saturated carbocycles. The third kappa shape index (κ3) is 4.94. The van der Waals surface area contributed by atoms with Crippen molar-refractivity contribution in [2.24, 2.45) is 0 Å². The van der Waals surface area contributed by atoms with Gasteiger partial charge in [-0.15, -0.1) is 0 Å². The Morgan fingerprint density at radius 3 is 2.21 bits per heavy atom. The van der Waals surface area contributed by atoms with Crippen molar-refractivity contribution in [1.29, 1.82) is 0 Å². The van der Waals surface area contributed by atoms with Gasteiger partial charge in [-0.3, -0.25) is 4.79 Å². The lowest BCUT2D eigenvalue weighted by Gasteiger charge is -2.36. The number of fused-ring (bicyclic) bond motifs is 1. The van der Waals surface area contributed by atoms with Gasteiger partial charge in [0.15, 0.2) is 11.5 Å². The Kier molecular flexibility index (Phi) is 6.69. The number of carbonyl (C=O) groups is 1. The first-order valence-electron chi connectivity index (χ1n) is 13.2. The number of amides is 1. The van der Waals surface area contributed by atoms with Crippen LogP contribution >= 0.6 is 0 Å². The van der Waals surface area contributed by atoms with Gasteiger partial charge in [0, 0.05) is 56.3 Å². The van der Waals surface area contributed by atoms with Crippen LogP contribution in [0.1, 0.15) is 28.8 Å². The number of aromatic nitrogens is 2. The number of rotatable bonds is 6. The zero-order chi connectivity index (χ0) is 25.9. The second kappa shape index (κ2) is 10.6. The van der Waals surface area contributed by atoms with Crippen molar-refractivity contribution in [2.45, 2.75) is 19.4 Å². The number of benzene rings is 3. The predicted molar refractivity (Wildman–Crippen MR) is 148 cm³/mol. The highest BCUT2D eigenvalue weighted by Crippen LogP contribution is 2.37. The van der Waals surface area contributed by atoms with Crippen LogP contribution in [0.15, 0.2) is 72.8 Å². The van der Waals surface area contributed by atoms with E-state index in [0.717, 1.165) is 48.2 Å². The summed E-state index contributed by atoms with van der Waals surface area (Å²) >= 11 is 0. The van der Waals surface area contributed by atoms with E-state index in [1.165, 1.54) is 0 Å². The molecule has 2 fully saturated rings. The van der Waals surface area contributed by atoms with Gasteiger partial charge in [-0.1, -0.05) is 48.5 Å². The number of hydrogen-bond donors (Lipinski definition) is 1. The van der Waals surface area contributed by atoms with E-state index in [2.05, 4.69) is 9.80 Å². The summed E-state index contributed by atoms with van der Waals surface area (Å²) < 4.78 is 5.98. The zero-order valence-electron chi connectivity index (χ0n) is 21.3. The Morgan fingerprint density at radius 1 is 0.816 bits per heavy atom. The molecule has 1 N–H and O–H groups in total. The zero-order valence-corrected chi connectivity index (χ0v) is 21.3. The maximum Gasteiger partial charge on any atom is 0.253 e. The van der Waals surface area contributed by atoms with Gasteiger partial charge < -0.3 is 24.5 Å². The van der Waals surface area contributed by atoms with Gasteiger partial charge in [0.25, 0.3) is 5.91 Å². The fourth-order valence-electron chi connectivity index (χ4n) is 5.15. The van der Waals surface area contributed by atoms with Gasteiger partial charge in [-0.25, -0.2) is 4.98 Å². The summed E-state index contributed by atoms with van der Waals surface area (Å²) in [5, 5.41) is 11.6. The molecular formula is C30H31N5O3. The van der Waals surface area contributed by atoms with Gasteiger partial charge in [-0.05, 0) is 36.6 Å². The van der Waals surface area contributed by atoms with E-state index < -0.39 is 0 Å². The summed E-state index contributed by atoms with van der Waals surface area (Å²) in [5.41, 5.74) is 2.47. The molecule has 1 aromatic heterocycles. The van der Waals surface area contributed by atoms with Crippen molar-refractivity contribution in [1.82, 2.24) is 14.9 Å². The lowest BCUT2D eigenvalue weighted by atomic mass is 10.1. The molecule has 3 aromatic carbocycles. The number of anilines is 2. The van der Waals surface area contributed by atoms with Crippen LogP contribution in [-0.2, 0) is 6.61 Å². The molecule has 0 aliphatic carbocycles. The second-order valence-electron chi connectivity index (χ2n) is 9.80. The molecule has 3 heterocycles. The molecule has 8 heteroatoms. The molecule has 8 nitrogen and oxygen atoms in total. The summed E-state index contributed by atoms with van der Waals surface area (Å²) in [6, 6.07) is 22.8. The third-order valence-corrected chi connectivity index (χ3v) is 7.26. The van der Waals surface area contributed by atoms with E-state index in [-0.39, 0.29) is 11.7 Å². The molecule has 0 unspecified atom stereocenters. The fraction of sp³-hybridized carbons (Fsp3) is 0.300. The third-order valence-electron chi connectivity index (χ3n) is 7.26. The number of ether oxygens (including phenoxy) is 1. The molecule has 1 amide bonds. The molecule has 0 bridgehead atoms. The first-order chi connectivity index (χ1) is 18.7. The Bertz CT molecular complexity index is 1420. The molecule has 4 aromatic rings. The minimum atomic E-state index is 0.0494. The van der Waals surface area contributed by atoms with Crippen LogP contribution in [0.5, 0.6) is 11.5 Å². The number of hydrogen-bond acceptors (Lipinski definition) is 7. The van der Waals surface area contributed by atoms with E-state index in [1.807, 2.05) is 71.6 Å². The Hall–Kier alpha value is -4.33. The molecule has 0 spiro atoms. The Morgan fingerprint density at radius 2 is 1.50 bits per heavy atom. The minimum absolute atomic E-state index is 0.0494. The smallest absolute Gasteiger partial charge is 0.253 e. The molecule has 2 aliphatic rings. The van der Waals surface area contributed by atoms with Crippen LogP contribution in [0, 0.1) is 0 Å². The summed E-state index contributed by atoms with van der Waals surface area (Å²) in [4.78, 5) is 29.1. The van der Waals surface area contributed by atoms with Crippen LogP contribution in [0.4, 0.5) is 11.8 Å². The normalized spacial score (nSPS) is 15.7. The first-order valence-corrected chi connectivity index (χ1v) is 13.2. The average molecular weight is 510 g/mol. The molecule has 2 saturated heterocycles. The van der Waals surface area contributed by atoms with Crippen molar-refractivity contribution in [2.75, 3.05) is 49.1 Å². The van der Waals surface area contributed by atoms with Crippen molar-refractivity contribution in [3.05, 3.63) is 83.9 Å². The van der Waals surface area contributed by atoms with E-state index in [9.17, 15) is 9.90 Å². The summed E-state index contributed by atoms with van der Waals surface area (Å²) in [6.07, 6.45) is 2.25. The van der Waals surface area contributed by atoms with Gasteiger partial charge in [0.2, 0.25) is 5.95 Å². The van der Waals surface area contributed by atoms with E-state index in [1.54, 1.807) is 6.07 Å². The summed E-state index contributed by atoms with van der Waals surface area (Å²) in [6.45, 7) is 4.72. The van der Waals surface area contributed by atoms with E-state index in [4.69, 9.17) is 14.7 Å². The van der Waals surface area contributed by atoms with E-state index in [0.29, 0.717) is 50.0 Å². The van der Waals surface area contributed by atoms with Crippen molar-refractivity contribution < 1.29 is 14.6 Å². The topological polar surface area (TPSA) is 82.0 Å². The Labute approximate surface area is 222 Å². The second-order valence-corrected chi connectivity index (χ2v) is 9.80. The number of nitrogens with zero attached hydrogens (tertiary/aromatic N) is 5. The standard InChI is InChI=1S/C30H31N5O3/c36-26-19-24-25(20-27(26)38-21-22-9-3-1-4-10-22)31-30(35-13-7-8-14-35)32-28(24)33-15-17-34(18-16-33)29(37)23-11-5-2-6-12-23/h1-6,9-12,19-20,36H,7-8,13-18,21H2. The average Bonchev–Trinajstić information content (AvgIpc) is 3.52. The molecule has 38 heavy (non-hydrogen) atoms. The van der Waals surface area contributed by atoms with Crippen LogP contribution in [0.2, 0.25) is 0 Å². The Balaban J connectivity index is 1.28. The number of phenolic OH excluding ortho intramolecular Hbond substituents is 1. The fourth-order valence-corrected chi connectivity index (χ4v) is 5.15. The predicted octanol–water partition coefficient (Wildman–Crippen LogP) is 4.48. The lowest BCUT2D eigenvalue weighted by Crippen LogP contribution is -2.49. The van der Waals surface area contributed by atoms with Crippen molar-refractivity contribution in [3.63, 3.8) is 0 Å². The maximum atomic E-state index is 13.0. The summed E-state index contributed by atoms with van der Waals surface area (Å²) in [5.74, 6) is 2.00. The molecule has 6 rings (SSSR count). The molecule has 2 aliphatic heterocycles. The maximum absolute atomic E-state index is 13.0. The van der Waals surface area contributed by atoms with Gasteiger partial charge in [0.05, 0.1) is 5.52 Å². The van der Waals surface area contributed by atoms with Gasteiger partial charge in [-0.2, -0.15) is 4.98 Å². The van der Waals surface area contributed by atoms with Crippen LogP contribution in [-0.4, -0.2) is 65.2 Å². The van der Waals surface area contributed by atoms with Crippen molar-refractivity contribution in [3.8, 4) is 11.5 Å². The lowest BCUT2D eigenvalue weighted by molar-refractivity contribution is 0.0746. The summed E-state index contributed by atoms with van der Waals surface area (Å²) in [7, 11) is 0. The van der Waals surface area contributed by atoms with Gasteiger partial charge in [0.1, 0.15) is 12.4 Å². The van der Waals surface area contributed by atoms with Crippen LogP contribution < -0.4 is 14.5 Å². The molecule has 0 atom stereocenters. The van der Waals surface area contributed by atoms with E-state index >= 15 is 0 Å². The molecule has 0 radical (unpaired) electrons. The first kappa shape index (κ1) is 24.0. The number of aromatic hydroxyl groups is 1. The highest BCUT2D eigenvalue weighted by atomic mass is 16.5. The SMILES string of the molecule is O=C(c1ccccc1)N1CCN(c2nc(N3CCCC3)nc3cc(OCc4ccccc4)c(O)cc23)CC1. The quantitative estimate of drug-likeness (QED) is 0.411. The highest BCUT2D eigenvalue weighted by Gasteiger charge is 2.26. The molecule has 194 valence electrons. The molecular weight excluding hydrogens is 478 g/mol. The number of piperazine rings is 1. The van der Waals surface area contributed by atoms with Gasteiger partial charge >= 0.3 is 0 Å². The monoisotopic (exact) mass is 509 g/mol. The number of phenols is 1. The number of carbonyl (C=O) groups excluding carboxylic acids is 1. The van der Waals surface area contributed by atoms with Crippen LogP contribution in [0.3, 0.4) is 0 Å².